The van der Waals surface area contributed by atoms with Crippen molar-refractivity contribution >= 4 is 40.3 Å². The minimum atomic E-state index is -2.90. The quantitative estimate of drug-likeness (QED) is 0.314. The Labute approximate surface area is 225 Å². The highest BCUT2D eigenvalue weighted by Gasteiger charge is 2.27. The van der Waals surface area contributed by atoms with Crippen molar-refractivity contribution in [2.45, 2.75) is 44.7 Å². The van der Waals surface area contributed by atoms with Gasteiger partial charge in [-0.05, 0) is 68.0 Å². The van der Waals surface area contributed by atoms with E-state index in [1.54, 1.807) is 22.9 Å². The average molecular weight is 564 g/mol. The van der Waals surface area contributed by atoms with Gasteiger partial charge in [0.05, 0.1) is 26.8 Å². The normalized spacial score (nSPS) is 17.7. The van der Waals surface area contributed by atoms with Gasteiger partial charge in [0, 0.05) is 25.0 Å². The topological polar surface area (TPSA) is 81.8 Å². The van der Waals surface area contributed by atoms with Crippen LogP contribution in [0, 0.1) is 11.7 Å². The second kappa shape index (κ2) is 10.8. The van der Waals surface area contributed by atoms with E-state index in [9.17, 15) is 22.8 Å². The Hall–Kier alpha value is -3.37. The van der Waals surface area contributed by atoms with Crippen LogP contribution in [0.2, 0.25) is 10.0 Å². The van der Waals surface area contributed by atoms with Crippen molar-refractivity contribution in [3.05, 3.63) is 86.4 Å². The molecular weight excluding hydrogens is 542 g/mol. The van der Waals surface area contributed by atoms with E-state index < -0.39 is 23.8 Å². The first kappa shape index (κ1) is 26.2. The molecule has 5 rings (SSSR count). The van der Waals surface area contributed by atoms with Crippen LogP contribution in [0.4, 0.5) is 13.2 Å². The average Bonchev–Trinajstić information content (AvgIpc) is 3.17. The molecule has 0 aliphatic heterocycles. The van der Waals surface area contributed by atoms with Gasteiger partial charge in [-0.25, -0.2) is 27.5 Å². The zero-order chi connectivity index (χ0) is 27.0. The molecule has 0 saturated heterocycles. The standard InChI is InChI=1S/C26H22Cl2F3N5O2/c27-15-10-18(22(23(30)31)33-12-15)25(37)34-17-6-3-14(4-7-17)13-35-20-2-1-9-32-24(20)36(26(35)38)21-11-16(29)5-8-19(21)28/h1-2,5,8-12,14,17,23H,3-4,6-7,13H2,(H,34,37). The first-order valence-electron chi connectivity index (χ1n) is 12.0. The number of nitrogens with one attached hydrogen (secondary N) is 1. The summed E-state index contributed by atoms with van der Waals surface area (Å²) in [5, 5.41) is 3.14. The lowest BCUT2D eigenvalue weighted by Crippen LogP contribution is -2.39. The maximum atomic E-state index is 14.0. The van der Waals surface area contributed by atoms with Crippen molar-refractivity contribution in [3.63, 3.8) is 0 Å². The fourth-order valence-corrected chi connectivity index (χ4v) is 5.31. The van der Waals surface area contributed by atoms with Crippen molar-refractivity contribution in [2.24, 2.45) is 5.92 Å². The Morgan fingerprint density at radius 1 is 1.11 bits per heavy atom. The Morgan fingerprint density at radius 2 is 1.87 bits per heavy atom. The molecule has 1 aromatic carbocycles. The number of nitrogens with zero attached hydrogens (tertiary/aromatic N) is 4. The molecule has 7 nitrogen and oxygen atoms in total. The molecular formula is C26H22Cl2F3N5O2. The number of imidazole rings is 1. The van der Waals surface area contributed by atoms with Gasteiger partial charge in [0.2, 0.25) is 0 Å². The van der Waals surface area contributed by atoms with Crippen LogP contribution >= 0.6 is 23.2 Å². The lowest BCUT2D eigenvalue weighted by Gasteiger charge is -2.29. The summed E-state index contributed by atoms with van der Waals surface area (Å²) in [5.41, 5.74) is -0.0446. The molecule has 1 aliphatic rings. The molecule has 1 aliphatic carbocycles. The van der Waals surface area contributed by atoms with Crippen LogP contribution in [0.3, 0.4) is 0 Å². The third-order valence-corrected chi connectivity index (χ3v) is 7.33. The highest BCUT2D eigenvalue weighted by atomic mass is 35.5. The van der Waals surface area contributed by atoms with Crippen molar-refractivity contribution < 1.29 is 18.0 Å². The maximum Gasteiger partial charge on any atom is 0.335 e. The number of carbonyl (C=O) groups is 1. The minimum Gasteiger partial charge on any atom is -0.349 e. The molecule has 38 heavy (non-hydrogen) atoms. The number of carbonyl (C=O) groups excluding carboxylic acids is 1. The van der Waals surface area contributed by atoms with Gasteiger partial charge in [-0.15, -0.1) is 0 Å². The molecule has 12 heteroatoms. The second-order valence-electron chi connectivity index (χ2n) is 9.25. The molecule has 3 aromatic heterocycles. The number of hydrogen-bond donors (Lipinski definition) is 1. The highest BCUT2D eigenvalue weighted by molar-refractivity contribution is 6.32. The summed E-state index contributed by atoms with van der Waals surface area (Å²) in [6.45, 7) is 0.398. The molecule has 1 N–H and O–H groups in total. The van der Waals surface area contributed by atoms with Gasteiger partial charge in [0.15, 0.2) is 5.65 Å². The Balaban J connectivity index is 1.32. The van der Waals surface area contributed by atoms with Crippen LogP contribution in [0.15, 0.2) is 53.6 Å². The monoisotopic (exact) mass is 563 g/mol. The van der Waals surface area contributed by atoms with E-state index in [1.807, 2.05) is 0 Å². The van der Waals surface area contributed by atoms with Gasteiger partial charge < -0.3 is 5.32 Å². The van der Waals surface area contributed by atoms with Gasteiger partial charge >= 0.3 is 5.69 Å². The second-order valence-corrected chi connectivity index (χ2v) is 10.1. The number of pyridine rings is 2. The maximum absolute atomic E-state index is 14.0. The number of alkyl halides is 2. The summed E-state index contributed by atoms with van der Waals surface area (Å²) in [7, 11) is 0. The number of amides is 1. The number of rotatable bonds is 6. The zero-order valence-electron chi connectivity index (χ0n) is 19.9. The summed E-state index contributed by atoms with van der Waals surface area (Å²) < 4.78 is 43.5. The molecule has 1 fully saturated rings. The summed E-state index contributed by atoms with van der Waals surface area (Å²) >= 11 is 12.2. The number of hydrogen-bond acceptors (Lipinski definition) is 4. The summed E-state index contributed by atoms with van der Waals surface area (Å²) in [5.74, 6) is -1.05. The predicted molar refractivity (Wildman–Crippen MR) is 138 cm³/mol. The molecule has 0 radical (unpaired) electrons. The van der Waals surface area contributed by atoms with Crippen molar-refractivity contribution in [1.82, 2.24) is 24.4 Å². The highest BCUT2D eigenvalue weighted by Crippen LogP contribution is 2.29. The van der Waals surface area contributed by atoms with Crippen LogP contribution in [-0.2, 0) is 6.54 Å². The number of benzene rings is 1. The van der Waals surface area contributed by atoms with E-state index >= 15 is 0 Å². The van der Waals surface area contributed by atoms with Gasteiger partial charge in [-0.3, -0.25) is 14.3 Å². The lowest BCUT2D eigenvalue weighted by atomic mass is 9.85. The Morgan fingerprint density at radius 3 is 2.61 bits per heavy atom. The molecule has 0 spiro atoms. The van der Waals surface area contributed by atoms with Crippen LogP contribution < -0.4 is 11.0 Å². The van der Waals surface area contributed by atoms with Crippen LogP contribution in [-0.4, -0.2) is 31.1 Å². The van der Waals surface area contributed by atoms with E-state index in [4.69, 9.17) is 23.2 Å². The Bertz CT molecular complexity index is 1560. The number of halogens is 5. The zero-order valence-corrected chi connectivity index (χ0v) is 21.4. The van der Waals surface area contributed by atoms with Crippen LogP contribution in [0.25, 0.3) is 16.9 Å². The van der Waals surface area contributed by atoms with Crippen LogP contribution in [0.5, 0.6) is 0 Å². The third-order valence-electron chi connectivity index (χ3n) is 6.80. The van der Waals surface area contributed by atoms with Gasteiger partial charge in [-0.2, -0.15) is 0 Å². The fraction of sp³-hybridized carbons (Fsp3) is 0.308. The van der Waals surface area contributed by atoms with Crippen molar-refractivity contribution in [3.8, 4) is 5.69 Å². The van der Waals surface area contributed by atoms with Gasteiger partial charge in [-0.1, -0.05) is 23.2 Å². The third kappa shape index (κ3) is 5.15. The first-order chi connectivity index (χ1) is 18.2. The molecule has 0 unspecified atom stereocenters. The lowest BCUT2D eigenvalue weighted by molar-refractivity contribution is 0.0904. The summed E-state index contributed by atoms with van der Waals surface area (Å²) in [4.78, 5) is 34.1. The van der Waals surface area contributed by atoms with E-state index in [0.29, 0.717) is 43.4 Å². The predicted octanol–water partition coefficient (Wildman–Crippen LogP) is 5.95. The number of aromatic nitrogens is 4. The molecule has 0 atom stereocenters. The SMILES string of the molecule is O=C(NC1CCC(Cn2c(=O)n(-c3cc(F)ccc3Cl)c3ncccc32)CC1)c1cc(Cl)cnc1C(F)F. The largest absolute Gasteiger partial charge is 0.349 e. The minimum absolute atomic E-state index is 0.0990. The smallest absolute Gasteiger partial charge is 0.335 e. The van der Waals surface area contributed by atoms with Gasteiger partial charge in [0.1, 0.15) is 11.5 Å². The van der Waals surface area contributed by atoms with Crippen molar-refractivity contribution in [2.75, 3.05) is 0 Å². The van der Waals surface area contributed by atoms with Crippen molar-refractivity contribution in [1.29, 1.82) is 0 Å². The summed E-state index contributed by atoms with van der Waals surface area (Å²) in [6.07, 6.45) is 2.34. The van der Waals surface area contributed by atoms with E-state index in [1.165, 1.54) is 28.8 Å². The molecule has 1 amide bonds. The molecule has 3 heterocycles. The van der Waals surface area contributed by atoms with Gasteiger partial charge in [0.25, 0.3) is 12.3 Å². The van der Waals surface area contributed by atoms with Crippen LogP contribution in [0.1, 0.15) is 48.2 Å². The van der Waals surface area contributed by atoms with E-state index in [-0.39, 0.29) is 38.9 Å². The van der Waals surface area contributed by atoms with E-state index in [0.717, 1.165) is 6.20 Å². The molecule has 4 aromatic rings. The molecule has 1 saturated carbocycles. The molecule has 0 bridgehead atoms. The first-order valence-corrected chi connectivity index (χ1v) is 12.7. The fourth-order valence-electron chi connectivity index (χ4n) is 4.95. The summed E-state index contributed by atoms with van der Waals surface area (Å²) in [6, 6.07) is 8.29. The Kier molecular flexibility index (Phi) is 7.45. The van der Waals surface area contributed by atoms with E-state index in [2.05, 4.69) is 15.3 Å². The molecule has 198 valence electrons. The number of fused-ring (bicyclic) bond motifs is 1.